The number of hydrogen-bond donors (Lipinski definition) is 0. The Bertz CT molecular complexity index is 695. The number of non-ortho nitro benzene ring substituents is 1. The Morgan fingerprint density at radius 2 is 1.96 bits per heavy atom. The smallest absolute Gasteiger partial charge is 0.258 e. The fourth-order valence-electron chi connectivity index (χ4n) is 2.76. The zero-order valence-electron chi connectivity index (χ0n) is 13.4. The molecule has 126 valence electrons. The van der Waals surface area contributed by atoms with E-state index in [2.05, 4.69) is 6.92 Å². The van der Waals surface area contributed by atoms with Crippen molar-refractivity contribution in [2.24, 2.45) is 0 Å². The van der Waals surface area contributed by atoms with Crippen molar-refractivity contribution in [2.75, 3.05) is 6.54 Å². The van der Waals surface area contributed by atoms with E-state index in [9.17, 15) is 18.5 Å². The summed E-state index contributed by atoms with van der Waals surface area (Å²) in [7, 11) is -3.64. The van der Waals surface area contributed by atoms with Gasteiger partial charge in [0, 0.05) is 24.7 Å². The minimum atomic E-state index is -3.64. The summed E-state index contributed by atoms with van der Waals surface area (Å²) in [5.41, 5.74) is 1.10. The van der Waals surface area contributed by atoms with E-state index < -0.39 is 14.9 Å². The molecule has 0 radical (unpaired) electrons. The molecular formula is C16H22N2O4S. The average molecular weight is 338 g/mol. The van der Waals surface area contributed by atoms with Crippen molar-refractivity contribution in [3.05, 3.63) is 46.0 Å². The van der Waals surface area contributed by atoms with Crippen LogP contribution >= 0.6 is 0 Å². The van der Waals surface area contributed by atoms with Gasteiger partial charge in [0.05, 0.1) is 9.82 Å². The van der Waals surface area contributed by atoms with Gasteiger partial charge in [0.1, 0.15) is 0 Å². The van der Waals surface area contributed by atoms with Gasteiger partial charge in [-0.15, -0.1) is 0 Å². The molecule has 23 heavy (non-hydrogen) atoms. The molecular weight excluding hydrogens is 316 g/mol. The minimum Gasteiger partial charge on any atom is -0.258 e. The molecule has 1 atom stereocenters. The molecule has 1 unspecified atom stereocenters. The number of benzene rings is 1. The third kappa shape index (κ3) is 3.97. The molecule has 0 saturated heterocycles. The van der Waals surface area contributed by atoms with Gasteiger partial charge in [-0.05, 0) is 31.9 Å². The fourth-order valence-corrected chi connectivity index (χ4v) is 4.37. The van der Waals surface area contributed by atoms with Crippen LogP contribution in [0.15, 0.2) is 40.8 Å². The number of rotatable bonds is 6. The third-order valence-electron chi connectivity index (χ3n) is 4.08. The monoisotopic (exact) mass is 338 g/mol. The minimum absolute atomic E-state index is 0.109. The molecule has 1 aliphatic rings. The van der Waals surface area contributed by atoms with Crippen LogP contribution in [-0.4, -0.2) is 30.2 Å². The van der Waals surface area contributed by atoms with Gasteiger partial charge >= 0.3 is 0 Å². The highest BCUT2D eigenvalue weighted by Gasteiger charge is 2.32. The molecule has 0 aliphatic carbocycles. The number of nitro groups is 1. The van der Waals surface area contributed by atoms with Crippen molar-refractivity contribution in [1.82, 2.24) is 4.31 Å². The van der Waals surface area contributed by atoms with Crippen LogP contribution in [0.1, 0.15) is 39.5 Å². The van der Waals surface area contributed by atoms with Crippen molar-refractivity contribution < 1.29 is 13.3 Å². The van der Waals surface area contributed by atoms with Crippen LogP contribution < -0.4 is 0 Å². The average Bonchev–Trinajstić information content (AvgIpc) is 2.52. The van der Waals surface area contributed by atoms with Crippen molar-refractivity contribution >= 4 is 15.7 Å². The highest BCUT2D eigenvalue weighted by Crippen LogP contribution is 2.28. The summed E-state index contributed by atoms with van der Waals surface area (Å²) in [5.74, 6) is 0. The molecule has 1 heterocycles. The summed E-state index contributed by atoms with van der Waals surface area (Å²) in [6.07, 6.45) is 5.51. The van der Waals surface area contributed by atoms with Gasteiger partial charge in [-0.25, -0.2) is 8.42 Å². The topological polar surface area (TPSA) is 80.5 Å². The first-order valence-corrected chi connectivity index (χ1v) is 9.24. The summed E-state index contributed by atoms with van der Waals surface area (Å²) in [4.78, 5) is 10.3. The molecule has 2 rings (SSSR count). The van der Waals surface area contributed by atoms with Gasteiger partial charge in [-0.3, -0.25) is 10.1 Å². The van der Waals surface area contributed by atoms with Gasteiger partial charge in [0.25, 0.3) is 5.69 Å². The highest BCUT2D eigenvalue weighted by molar-refractivity contribution is 7.89. The standard InChI is InChI=1S/C16H22N2O4S/c1-3-4-5-15-12-13(2)10-11-17(15)23(21,22)16-8-6-14(7-9-16)18(19)20/h6-9,12,15H,3-5,10-11H2,1-2H3. The zero-order valence-corrected chi connectivity index (χ0v) is 14.3. The molecule has 0 N–H and O–H groups in total. The van der Waals surface area contributed by atoms with E-state index in [0.717, 1.165) is 25.7 Å². The molecule has 6 nitrogen and oxygen atoms in total. The molecule has 0 fully saturated rings. The first kappa shape index (κ1) is 17.6. The van der Waals surface area contributed by atoms with Crippen LogP contribution in [-0.2, 0) is 10.0 Å². The lowest BCUT2D eigenvalue weighted by Crippen LogP contribution is -2.42. The number of nitro benzene ring substituents is 1. The fraction of sp³-hybridized carbons (Fsp3) is 0.500. The second kappa shape index (κ2) is 7.23. The van der Waals surface area contributed by atoms with Crippen LogP contribution in [0.4, 0.5) is 5.69 Å². The molecule has 0 saturated carbocycles. The highest BCUT2D eigenvalue weighted by atomic mass is 32.2. The Labute approximate surface area is 137 Å². The molecule has 0 aromatic heterocycles. The largest absolute Gasteiger partial charge is 0.269 e. The van der Waals surface area contributed by atoms with Gasteiger partial charge < -0.3 is 0 Å². The number of unbranched alkanes of at least 4 members (excludes halogenated alkanes) is 1. The van der Waals surface area contributed by atoms with Gasteiger partial charge in [-0.2, -0.15) is 4.31 Å². The van der Waals surface area contributed by atoms with Crippen LogP contribution in [0.5, 0.6) is 0 Å². The summed E-state index contributed by atoms with van der Waals surface area (Å²) in [6.45, 7) is 4.55. The van der Waals surface area contributed by atoms with Gasteiger partial charge in [-0.1, -0.05) is 31.4 Å². The molecule has 0 bridgehead atoms. The lowest BCUT2D eigenvalue weighted by atomic mass is 10.0. The second-order valence-corrected chi connectivity index (χ2v) is 7.73. The van der Waals surface area contributed by atoms with Crippen molar-refractivity contribution in [3.63, 3.8) is 0 Å². The number of sulfonamides is 1. The summed E-state index contributed by atoms with van der Waals surface area (Å²) in [6, 6.07) is 4.96. The lowest BCUT2D eigenvalue weighted by Gasteiger charge is -2.33. The molecule has 1 aromatic carbocycles. The van der Waals surface area contributed by atoms with Gasteiger partial charge in [0.15, 0.2) is 0 Å². The van der Waals surface area contributed by atoms with Crippen LogP contribution in [0.3, 0.4) is 0 Å². The summed E-state index contributed by atoms with van der Waals surface area (Å²) < 4.78 is 27.3. The molecule has 1 aliphatic heterocycles. The first-order chi connectivity index (χ1) is 10.9. The Balaban J connectivity index is 2.31. The van der Waals surface area contributed by atoms with Crippen LogP contribution in [0.25, 0.3) is 0 Å². The van der Waals surface area contributed by atoms with Crippen LogP contribution in [0, 0.1) is 10.1 Å². The normalized spacial score (nSPS) is 19.4. The van der Waals surface area contributed by atoms with E-state index in [0.29, 0.717) is 6.54 Å². The van der Waals surface area contributed by atoms with Crippen LogP contribution in [0.2, 0.25) is 0 Å². The second-order valence-electron chi connectivity index (χ2n) is 5.84. The zero-order chi connectivity index (χ0) is 17.0. The predicted octanol–water partition coefficient (Wildman–Crippen LogP) is 3.49. The van der Waals surface area contributed by atoms with E-state index in [1.165, 1.54) is 34.1 Å². The van der Waals surface area contributed by atoms with Crippen molar-refractivity contribution in [2.45, 2.75) is 50.5 Å². The number of hydrogen-bond acceptors (Lipinski definition) is 4. The lowest BCUT2D eigenvalue weighted by molar-refractivity contribution is -0.384. The van der Waals surface area contributed by atoms with E-state index >= 15 is 0 Å². The van der Waals surface area contributed by atoms with Crippen molar-refractivity contribution in [3.8, 4) is 0 Å². The Hall–Kier alpha value is -1.73. The first-order valence-electron chi connectivity index (χ1n) is 7.80. The maximum Gasteiger partial charge on any atom is 0.269 e. The van der Waals surface area contributed by atoms with Gasteiger partial charge in [0.2, 0.25) is 10.0 Å². The maximum atomic E-state index is 12.9. The molecule has 0 spiro atoms. The third-order valence-corrected chi connectivity index (χ3v) is 6.02. The summed E-state index contributed by atoms with van der Waals surface area (Å²) >= 11 is 0. The predicted molar refractivity (Wildman–Crippen MR) is 88.7 cm³/mol. The Kier molecular flexibility index (Phi) is 5.54. The van der Waals surface area contributed by atoms with E-state index in [4.69, 9.17) is 0 Å². The van der Waals surface area contributed by atoms with E-state index in [-0.39, 0.29) is 16.6 Å². The maximum absolute atomic E-state index is 12.9. The Morgan fingerprint density at radius 1 is 1.30 bits per heavy atom. The summed E-state index contributed by atoms with van der Waals surface area (Å²) in [5, 5.41) is 10.7. The number of nitrogens with zero attached hydrogens (tertiary/aromatic N) is 2. The van der Waals surface area contributed by atoms with E-state index in [1.807, 2.05) is 13.0 Å². The quantitative estimate of drug-likeness (QED) is 0.452. The Morgan fingerprint density at radius 3 is 2.52 bits per heavy atom. The molecule has 0 amide bonds. The molecule has 1 aromatic rings. The van der Waals surface area contributed by atoms with Crippen molar-refractivity contribution in [1.29, 1.82) is 0 Å². The van der Waals surface area contributed by atoms with E-state index in [1.54, 1.807) is 0 Å². The molecule has 7 heteroatoms. The SMILES string of the molecule is CCCCC1C=C(C)CCN1S(=O)(=O)c1ccc([N+](=O)[O-])cc1.